The SMILES string of the molecule is CCCc1cc(C)[nH]c(=O)c1CNC(=O)c1ccc2c(Cl)cc(C)nc2c1C. The van der Waals surface area contributed by atoms with Crippen molar-refractivity contribution in [2.75, 3.05) is 0 Å². The van der Waals surface area contributed by atoms with Gasteiger partial charge in [0.2, 0.25) is 0 Å². The molecule has 3 aromatic rings. The third-order valence-electron chi connectivity index (χ3n) is 4.86. The summed E-state index contributed by atoms with van der Waals surface area (Å²) in [4.78, 5) is 32.5. The molecule has 3 rings (SSSR count). The lowest BCUT2D eigenvalue weighted by molar-refractivity contribution is 0.0950. The Morgan fingerprint density at radius 1 is 1.21 bits per heavy atom. The van der Waals surface area contributed by atoms with E-state index in [4.69, 9.17) is 11.6 Å². The Kier molecular flexibility index (Phi) is 5.84. The first kappa shape index (κ1) is 20.1. The number of carbonyl (C=O) groups is 1. The number of hydrogen-bond acceptors (Lipinski definition) is 3. The van der Waals surface area contributed by atoms with Gasteiger partial charge in [-0.05, 0) is 56.5 Å². The number of hydrogen-bond donors (Lipinski definition) is 2. The molecule has 0 atom stereocenters. The predicted molar refractivity (Wildman–Crippen MR) is 113 cm³/mol. The molecule has 1 aromatic carbocycles. The number of aryl methyl sites for hydroxylation is 4. The van der Waals surface area contributed by atoms with Crippen LogP contribution in [0.15, 0.2) is 29.1 Å². The van der Waals surface area contributed by atoms with Crippen LogP contribution in [-0.4, -0.2) is 15.9 Å². The van der Waals surface area contributed by atoms with Gasteiger partial charge in [-0.15, -0.1) is 0 Å². The van der Waals surface area contributed by atoms with E-state index in [1.54, 1.807) is 6.07 Å². The van der Waals surface area contributed by atoms with Gasteiger partial charge in [0.15, 0.2) is 0 Å². The van der Waals surface area contributed by atoms with Crippen molar-refractivity contribution in [3.05, 3.63) is 73.3 Å². The summed E-state index contributed by atoms with van der Waals surface area (Å²) in [5, 5.41) is 4.33. The number of benzene rings is 1. The molecular weight excluding hydrogens is 374 g/mol. The van der Waals surface area contributed by atoms with Gasteiger partial charge in [0.25, 0.3) is 11.5 Å². The van der Waals surface area contributed by atoms with E-state index in [2.05, 4.69) is 22.2 Å². The minimum Gasteiger partial charge on any atom is -0.348 e. The molecule has 0 bridgehead atoms. The lowest BCUT2D eigenvalue weighted by atomic mass is 10.0. The van der Waals surface area contributed by atoms with E-state index in [9.17, 15) is 9.59 Å². The van der Waals surface area contributed by atoms with Gasteiger partial charge in [0.05, 0.1) is 10.5 Å². The third-order valence-corrected chi connectivity index (χ3v) is 5.18. The van der Waals surface area contributed by atoms with E-state index in [0.29, 0.717) is 16.1 Å². The topological polar surface area (TPSA) is 74.8 Å². The predicted octanol–water partition coefficient (Wildman–Crippen LogP) is 4.38. The van der Waals surface area contributed by atoms with Crippen LogP contribution < -0.4 is 10.9 Å². The maximum Gasteiger partial charge on any atom is 0.253 e. The second-order valence-electron chi connectivity index (χ2n) is 7.10. The Hall–Kier alpha value is -2.66. The van der Waals surface area contributed by atoms with E-state index in [-0.39, 0.29) is 18.0 Å². The molecule has 0 saturated carbocycles. The summed E-state index contributed by atoms with van der Waals surface area (Å²) in [6, 6.07) is 7.35. The minimum absolute atomic E-state index is 0.150. The minimum atomic E-state index is -0.235. The quantitative estimate of drug-likeness (QED) is 0.670. The van der Waals surface area contributed by atoms with Crippen LogP contribution in [0.3, 0.4) is 0 Å². The smallest absolute Gasteiger partial charge is 0.253 e. The number of aromatic nitrogens is 2. The van der Waals surface area contributed by atoms with Crippen LogP contribution >= 0.6 is 11.6 Å². The molecule has 0 spiro atoms. The average molecular weight is 398 g/mol. The lowest BCUT2D eigenvalue weighted by Gasteiger charge is -2.13. The molecule has 0 fully saturated rings. The molecule has 5 nitrogen and oxygen atoms in total. The molecule has 0 radical (unpaired) electrons. The number of carbonyl (C=O) groups excluding carboxylic acids is 1. The first-order valence-corrected chi connectivity index (χ1v) is 9.76. The number of nitrogens with one attached hydrogen (secondary N) is 2. The highest BCUT2D eigenvalue weighted by atomic mass is 35.5. The van der Waals surface area contributed by atoms with Crippen LogP contribution in [0, 0.1) is 20.8 Å². The Morgan fingerprint density at radius 2 is 1.96 bits per heavy atom. The molecular formula is C22H24ClN3O2. The monoisotopic (exact) mass is 397 g/mol. The van der Waals surface area contributed by atoms with Crippen LogP contribution in [0.5, 0.6) is 0 Å². The van der Waals surface area contributed by atoms with Gasteiger partial charge in [-0.25, -0.2) is 0 Å². The first-order chi connectivity index (χ1) is 13.3. The van der Waals surface area contributed by atoms with Crippen LogP contribution in [0.2, 0.25) is 5.02 Å². The zero-order valence-electron chi connectivity index (χ0n) is 16.6. The molecule has 2 heterocycles. The fraction of sp³-hybridized carbons (Fsp3) is 0.318. The highest BCUT2D eigenvalue weighted by Gasteiger charge is 2.15. The molecule has 2 aromatic heterocycles. The highest BCUT2D eigenvalue weighted by Crippen LogP contribution is 2.27. The number of nitrogens with zero attached hydrogens (tertiary/aromatic N) is 1. The molecule has 2 N–H and O–H groups in total. The van der Waals surface area contributed by atoms with E-state index >= 15 is 0 Å². The Balaban J connectivity index is 1.91. The van der Waals surface area contributed by atoms with Gasteiger partial charge in [0.1, 0.15) is 0 Å². The van der Waals surface area contributed by atoms with Gasteiger partial charge in [0, 0.05) is 34.4 Å². The van der Waals surface area contributed by atoms with Crippen molar-refractivity contribution < 1.29 is 4.79 Å². The van der Waals surface area contributed by atoms with Gasteiger partial charge in [-0.2, -0.15) is 0 Å². The second kappa shape index (κ2) is 8.15. The molecule has 28 heavy (non-hydrogen) atoms. The number of halogens is 1. The average Bonchev–Trinajstić information content (AvgIpc) is 2.61. The number of H-pyrrole nitrogens is 1. The zero-order valence-corrected chi connectivity index (χ0v) is 17.3. The number of amides is 1. The number of pyridine rings is 2. The van der Waals surface area contributed by atoms with Crippen molar-refractivity contribution in [3.63, 3.8) is 0 Å². The summed E-state index contributed by atoms with van der Waals surface area (Å²) in [5.74, 6) is -0.235. The van der Waals surface area contributed by atoms with Crippen molar-refractivity contribution in [1.29, 1.82) is 0 Å². The first-order valence-electron chi connectivity index (χ1n) is 9.38. The molecule has 0 aliphatic heterocycles. The summed E-state index contributed by atoms with van der Waals surface area (Å²) in [6.07, 6.45) is 1.73. The summed E-state index contributed by atoms with van der Waals surface area (Å²) in [7, 11) is 0. The van der Waals surface area contributed by atoms with Crippen LogP contribution in [0.4, 0.5) is 0 Å². The van der Waals surface area contributed by atoms with E-state index in [0.717, 1.165) is 46.3 Å². The summed E-state index contributed by atoms with van der Waals surface area (Å²) in [6.45, 7) is 7.85. The molecule has 146 valence electrons. The van der Waals surface area contributed by atoms with Crippen molar-refractivity contribution in [3.8, 4) is 0 Å². The van der Waals surface area contributed by atoms with Gasteiger partial charge < -0.3 is 10.3 Å². The number of rotatable bonds is 5. The Morgan fingerprint density at radius 3 is 2.68 bits per heavy atom. The second-order valence-corrected chi connectivity index (χ2v) is 7.50. The van der Waals surface area contributed by atoms with Crippen LogP contribution in [-0.2, 0) is 13.0 Å². The Bertz CT molecular complexity index is 1120. The third kappa shape index (κ3) is 3.94. The summed E-state index contributed by atoms with van der Waals surface area (Å²) < 4.78 is 0. The molecule has 0 saturated heterocycles. The molecule has 0 unspecified atom stereocenters. The zero-order chi connectivity index (χ0) is 20.4. The van der Waals surface area contributed by atoms with E-state index < -0.39 is 0 Å². The lowest BCUT2D eigenvalue weighted by Crippen LogP contribution is -2.29. The van der Waals surface area contributed by atoms with Crippen molar-refractivity contribution in [1.82, 2.24) is 15.3 Å². The standard InChI is InChI=1S/C22H24ClN3O2/c1-5-6-15-9-12(2)26-22(28)18(15)11-24-21(27)16-7-8-17-19(23)10-13(3)25-20(17)14(16)4/h7-10H,5-6,11H2,1-4H3,(H,24,27)(H,26,28). The highest BCUT2D eigenvalue weighted by molar-refractivity contribution is 6.35. The Labute approximate surface area is 169 Å². The number of fused-ring (bicyclic) bond motifs is 1. The summed E-state index contributed by atoms with van der Waals surface area (Å²) in [5.41, 5.74) is 5.08. The number of aromatic amines is 1. The normalized spacial score (nSPS) is 11.0. The van der Waals surface area contributed by atoms with Gasteiger partial charge in [-0.3, -0.25) is 14.6 Å². The maximum atomic E-state index is 12.8. The fourth-order valence-electron chi connectivity index (χ4n) is 3.49. The maximum absolute atomic E-state index is 12.8. The molecule has 0 aliphatic rings. The molecule has 1 amide bonds. The summed E-state index contributed by atoms with van der Waals surface area (Å²) >= 11 is 6.31. The van der Waals surface area contributed by atoms with Crippen molar-refractivity contribution >= 4 is 28.4 Å². The van der Waals surface area contributed by atoms with Crippen molar-refractivity contribution in [2.24, 2.45) is 0 Å². The van der Waals surface area contributed by atoms with Crippen LogP contribution in [0.25, 0.3) is 10.9 Å². The van der Waals surface area contributed by atoms with Crippen molar-refractivity contribution in [2.45, 2.75) is 47.1 Å². The molecule has 0 aliphatic carbocycles. The molecule has 6 heteroatoms. The van der Waals surface area contributed by atoms with Gasteiger partial charge >= 0.3 is 0 Å². The van der Waals surface area contributed by atoms with E-state index in [1.165, 1.54) is 0 Å². The van der Waals surface area contributed by atoms with E-state index in [1.807, 2.05) is 39.0 Å². The fourth-order valence-corrected chi connectivity index (χ4v) is 3.80. The van der Waals surface area contributed by atoms with Crippen LogP contribution in [0.1, 0.15) is 51.8 Å². The largest absolute Gasteiger partial charge is 0.348 e. The van der Waals surface area contributed by atoms with Gasteiger partial charge in [-0.1, -0.05) is 31.0 Å².